The zero-order valence-corrected chi connectivity index (χ0v) is 11.3. The quantitative estimate of drug-likeness (QED) is 0.694. The standard InChI is InChI=1S/C14H20ClNO/c1-12(2)16(10-6-9-14(15)17)11-13-7-4-3-5-8-13/h3-5,7-8,12H,6,9-11H2,1-2H3. The van der Waals surface area contributed by atoms with Crippen LogP contribution in [0.1, 0.15) is 32.3 Å². The van der Waals surface area contributed by atoms with E-state index in [-0.39, 0.29) is 5.24 Å². The highest BCUT2D eigenvalue weighted by atomic mass is 35.5. The first-order chi connectivity index (χ1) is 8.09. The van der Waals surface area contributed by atoms with Gasteiger partial charge in [-0.05, 0) is 44.0 Å². The van der Waals surface area contributed by atoms with E-state index in [0.717, 1.165) is 19.5 Å². The van der Waals surface area contributed by atoms with Crippen LogP contribution < -0.4 is 0 Å². The van der Waals surface area contributed by atoms with Gasteiger partial charge in [-0.15, -0.1) is 0 Å². The Kier molecular flexibility index (Phi) is 6.23. The first kappa shape index (κ1) is 14.2. The Morgan fingerprint density at radius 2 is 1.94 bits per heavy atom. The maximum Gasteiger partial charge on any atom is 0.221 e. The second-order valence-corrected chi connectivity index (χ2v) is 4.93. The predicted octanol–water partition coefficient (Wildman–Crippen LogP) is 3.44. The lowest BCUT2D eigenvalue weighted by molar-refractivity contribution is -0.111. The molecule has 0 saturated heterocycles. The maximum atomic E-state index is 10.7. The molecule has 0 spiro atoms. The number of benzene rings is 1. The molecule has 0 atom stereocenters. The van der Waals surface area contributed by atoms with Crippen molar-refractivity contribution in [1.82, 2.24) is 4.90 Å². The van der Waals surface area contributed by atoms with Gasteiger partial charge in [0.1, 0.15) is 0 Å². The Morgan fingerprint density at radius 1 is 1.29 bits per heavy atom. The molecule has 0 bridgehead atoms. The summed E-state index contributed by atoms with van der Waals surface area (Å²) in [4.78, 5) is 13.1. The molecule has 0 fully saturated rings. The van der Waals surface area contributed by atoms with Gasteiger partial charge in [0.25, 0.3) is 0 Å². The van der Waals surface area contributed by atoms with E-state index >= 15 is 0 Å². The Morgan fingerprint density at radius 3 is 2.47 bits per heavy atom. The van der Waals surface area contributed by atoms with Crippen LogP contribution in [0.4, 0.5) is 0 Å². The van der Waals surface area contributed by atoms with E-state index in [9.17, 15) is 4.79 Å². The van der Waals surface area contributed by atoms with Crippen molar-refractivity contribution >= 4 is 16.8 Å². The molecule has 1 aromatic carbocycles. The monoisotopic (exact) mass is 253 g/mol. The number of halogens is 1. The van der Waals surface area contributed by atoms with Crippen molar-refractivity contribution in [1.29, 1.82) is 0 Å². The molecule has 0 heterocycles. The highest BCUT2D eigenvalue weighted by Crippen LogP contribution is 2.09. The summed E-state index contributed by atoms with van der Waals surface area (Å²) >= 11 is 5.34. The summed E-state index contributed by atoms with van der Waals surface area (Å²) in [6, 6.07) is 10.9. The molecule has 0 N–H and O–H groups in total. The van der Waals surface area contributed by atoms with Crippen molar-refractivity contribution in [2.75, 3.05) is 6.54 Å². The van der Waals surface area contributed by atoms with Gasteiger partial charge in [0.15, 0.2) is 0 Å². The van der Waals surface area contributed by atoms with Crippen molar-refractivity contribution in [2.24, 2.45) is 0 Å². The number of rotatable bonds is 7. The van der Waals surface area contributed by atoms with Gasteiger partial charge in [0.2, 0.25) is 5.24 Å². The fraction of sp³-hybridized carbons (Fsp3) is 0.500. The Bertz CT molecular complexity index is 337. The Balaban J connectivity index is 2.46. The lowest BCUT2D eigenvalue weighted by Crippen LogP contribution is -2.31. The SMILES string of the molecule is CC(C)N(CCCC(=O)Cl)Cc1ccccc1. The zero-order valence-electron chi connectivity index (χ0n) is 10.5. The number of hydrogen-bond donors (Lipinski definition) is 0. The van der Waals surface area contributed by atoms with Gasteiger partial charge in [0.05, 0.1) is 0 Å². The number of hydrogen-bond acceptors (Lipinski definition) is 2. The van der Waals surface area contributed by atoms with Gasteiger partial charge in [-0.3, -0.25) is 9.69 Å². The molecule has 94 valence electrons. The molecule has 0 amide bonds. The van der Waals surface area contributed by atoms with Crippen LogP contribution >= 0.6 is 11.6 Å². The zero-order chi connectivity index (χ0) is 12.7. The largest absolute Gasteiger partial charge is 0.297 e. The first-order valence-corrected chi connectivity index (χ1v) is 6.43. The molecule has 0 unspecified atom stereocenters. The summed E-state index contributed by atoms with van der Waals surface area (Å²) in [5.41, 5.74) is 1.30. The summed E-state index contributed by atoms with van der Waals surface area (Å²) in [5.74, 6) is 0. The van der Waals surface area contributed by atoms with E-state index in [1.807, 2.05) is 6.07 Å². The van der Waals surface area contributed by atoms with E-state index in [2.05, 4.69) is 43.0 Å². The van der Waals surface area contributed by atoms with Crippen LogP contribution in [-0.2, 0) is 11.3 Å². The van der Waals surface area contributed by atoms with Crippen LogP contribution in [0, 0.1) is 0 Å². The van der Waals surface area contributed by atoms with E-state index in [4.69, 9.17) is 11.6 Å². The van der Waals surface area contributed by atoms with Crippen LogP contribution in [0.25, 0.3) is 0 Å². The van der Waals surface area contributed by atoms with Crippen molar-refractivity contribution in [3.8, 4) is 0 Å². The van der Waals surface area contributed by atoms with Gasteiger partial charge >= 0.3 is 0 Å². The summed E-state index contributed by atoms with van der Waals surface area (Å²) in [6.07, 6.45) is 1.28. The van der Waals surface area contributed by atoms with Gasteiger partial charge in [-0.25, -0.2) is 0 Å². The third kappa shape index (κ3) is 5.85. The normalized spacial score (nSPS) is 11.1. The highest BCUT2D eigenvalue weighted by molar-refractivity contribution is 6.63. The highest BCUT2D eigenvalue weighted by Gasteiger charge is 2.10. The second-order valence-electron chi connectivity index (χ2n) is 4.51. The minimum atomic E-state index is -0.242. The lowest BCUT2D eigenvalue weighted by Gasteiger charge is -2.26. The average molecular weight is 254 g/mol. The lowest BCUT2D eigenvalue weighted by atomic mass is 10.1. The van der Waals surface area contributed by atoms with Crippen molar-refractivity contribution < 1.29 is 4.79 Å². The molecule has 0 radical (unpaired) electrons. The second kappa shape index (κ2) is 7.46. The smallest absolute Gasteiger partial charge is 0.221 e. The third-order valence-corrected chi connectivity index (χ3v) is 2.97. The predicted molar refractivity (Wildman–Crippen MR) is 72.1 cm³/mol. The van der Waals surface area contributed by atoms with Crippen molar-refractivity contribution in [3.05, 3.63) is 35.9 Å². The summed E-state index contributed by atoms with van der Waals surface area (Å²) in [7, 11) is 0. The fourth-order valence-corrected chi connectivity index (χ4v) is 1.89. The molecule has 0 aliphatic heterocycles. The van der Waals surface area contributed by atoms with E-state index in [1.165, 1.54) is 5.56 Å². The Labute approximate surface area is 109 Å². The number of carbonyl (C=O) groups excluding carboxylic acids is 1. The summed E-state index contributed by atoms with van der Waals surface area (Å²) in [6.45, 7) is 6.18. The number of carbonyl (C=O) groups is 1. The minimum Gasteiger partial charge on any atom is -0.297 e. The average Bonchev–Trinajstić information content (AvgIpc) is 2.28. The summed E-state index contributed by atoms with van der Waals surface area (Å²) in [5, 5.41) is -0.242. The molecular weight excluding hydrogens is 234 g/mol. The number of nitrogens with zero attached hydrogens (tertiary/aromatic N) is 1. The van der Waals surface area contributed by atoms with Crippen molar-refractivity contribution in [2.45, 2.75) is 39.3 Å². The topological polar surface area (TPSA) is 20.3 Å². The molecule has 0 saturated carbocycles. The molecule has 1 rings (SSSR count). The third-order valence-electron chi connectivity index (χ3n) is 2.78. The van der Waals surface area contributed by atoms with Crippen LogP contribution in [0.3, 0.4) is 0 Å². The van der Waals surface area contributed by atoms with Crippen LogP contribution in [-0.4, -0.2) is 22.7 Å². The van der Waals surface area contributed by atoms with Gasteiger partial charge < -0.3 is 0 Å². The van der Waals surface area contributed by atoms with Gasteiger partial charge in [-0.1, -0.05) is 30.3 Å². The molecule has 0 aliphatic rings. The van der Waals surface area contributed by atoms with E-state index in [0.29, 0.717) is 12.5 Å². The molecule has 2 nitrogen and oxygen atoms in total. The minimum absolute atomic E-state index is 0.242. The van der Waals surface area contributed by atoms with Crippen LogP contribution in [0.5, 0.6) is 0 Å². The molecule has 17 heavy (non-hydrogen) atoms. The van der Waals surface area contributed by atoms with Crippen LogP contribution in [0.15, 0.2) is 30.3 Å². The van der Waals surface area contributed by atoms with Crippen LogP contribution in [0.2, 0.25) is 0 Å². The van der Waals surface area contributed by atoms with Gasteiger partial charge in [-0.2, -0.15) is 0 Å². The molecule has 0 aliphatic carbocycles. The molecule has 3 heteroatoms. The molecule has 0 aromatic heterocycles. The van der Waals surface area contributed by atoms with E-state index < -0.39 is 0 Å². The maximum absolute atomic E-state index is 10.7. The Hall–Kier alpha value is -0.860. The molecule has 1 aromatic rings. The first-order valence-electron chi connectivity index (χ1n) is 6.06. The van der Waals surface area contributed by atoms with Crippen molar-refractivity contribution in [3.63, 3.8) is 0 Å². The van der Waals surface area contributed by atoms with E-state index in [1.54, 1.807) is 0 Å². The fourth-order valence-electron chi connectivity index (χ4n) is 1.76. The summed E-state index contributed by atoms with van der Waals surface area (Å²) < 4.78 is 0. The molecular formula is C14H20ClNO. The van der Waals surface area contributed by atoms with Gasteiger partial charge in [0, 0.05) is 19.0 Å².